The number of anilines is 1. The lowest BCUT2D eigenvalue weighted by Crippen LogP contribution is -2.49. The van der Waals surface area contributed by atoms with E-state index in [-0.39, 0.29) is 5.88 Å². The summed E-state index contributed by atoms with van der Waals surface area (Å²) in [4.78, 5) is 11.0. The highest BCUT2D eigenvalue weighted by molar-refractivity contribution is 5.92. The van der Waals surface area contributed by atoms with Gasteiger partial charge in [-0.1, -0.05) is 0 Å². The molecule has 5 rings (SSSR count). The van der Waals surface area contributed by atoms with Gasteiger partial charge >= 0.3 is 6.18 Å². The van der Waals surface area contributed by atoms with Crippen molar-refractivity contribution in [3.05, 3.63) is 36.7 Å². The normalized spacial score (nSPS) is 17.5. The summed E-state index contributed by atoms with van der Waals surface area (Å²) in [5.41, 5.74) is 1.62. The molecule has 0 saturated carbocycles. The Hall–Kier alpha value is -3.34. The molecule has 0 amide bonds. The third-order valence-electron chi connectivity index (χ3n) is 5.07. The molecule has 0 spiro atoms. The van der Waals surface area contributed by atoms with Crippen molar-refractivity contribution in [1.82, 2.24) is 24.9 Å². The standard InChI is InChI=1S/C20H19F3N6O2/c1-12-10-28(7-6-24-12)19-13-8-16(31-15(13)4-5-25-19)14-9-26-17-2-3-18(27-29(14)17)30-11-20(21,22)23/h2-5,8-9,12,24H,6-7,10-11H2,1H3/t12-/m0/s1. The smallest absolute Gasteiger partial charge is 0.422 e. The second-order valence-electron chi connectivity index (χ2n) is 7.45. The van der Waals surface area contributed by atoms with Crippen molar-refractivity contribution in [2.24, 2.45) is 0 Å². The van der Waals surface area contributed by atoms with E-state index in [4.69, 9.17) is 9.15 Å². The lowest BCUT2D eigenvalue weighted by Gasteiger charge is -2.32. The maximum atomic E-state index is 12.5. The molecule has 1 fully saturated rings. The van der Waals surface area contributed by atoms with Gasteiger partial charge in [0.25, 0.3) is 0 Å². The quantitative estimate of drug-likeness (QED) is 0.530. The molecule has 0 unspecified atom stereocenters. The van der Waals surface area contributed by atoms with Gasteiger partial charge in [0.2, 0.25) is 5.88 Å². The Balaban J connectivity index is 1.52. The monoisotopic (exact) mass is 432 g/mol. The van der Waals surface area contributed by atoms with Gasteiger partial charge in [0.05, 0.1) is 11.6 Å². The third kappa shape index (κ3) is 3.88. The summed E-state index contributed by atoms with van der Waals surface area (Å²) in [6.45, 7) is 3.22. The minimum Gasteiger partial charge on any atom is -0.467 e. The van der Waals surface area contributed by atoms with E-state index in [0.29, 0.717) is 28.7 Å². The summed E-state index contributed by atoms with van der Waals surface area (Å²) in [7, 11) is 0. The molecular weight excluding hydrogens is 413 g/mol. The number of piperazine rings is 1. The van der Waals surface area contributed by atoms with Crippen molar-refractivity contribution >= 4 is 22.4 Å². The van der Waals surface area contributed by atoms with Crippen molar-refractivity contribution in [2.75, 3.05) is 31.1 Å². The van der Waals surface area contributed by atoms with E-state index in [1.165, 1.54) is 10.6 Å². The van der Waals surface area contributed by atoms with E-state index in [2.05, 4.69) is 32.2 Å². The molecule has 0 radical (unpaired) electrons. The lowest BCUT2D eigenvalue weighted by atomic mass is 10.2. The van der Waals surface area contributed by atoms with E-state index >= 15 is 0 Å². The predicted molar refractivity (Wildman–Crippen MR) is 107 cm³/mol. The fourth-order valence-corrected chi connectivity index (χ4v) is 3.71. The van der Waals surface area contributed by atoms with Crippen molar-refractivity contribution in [3.63, 3.8) is 0 Å². The molecule has 1 aliphatic heterocycles. The van der Waals surface area contributed by atoms with E-state index in [0.717, 1.165) is 30.8 Å². The van der Waals surface area contributed by atoms with Gasteiger partial charge < -0.3 is 19.4 Å². The van der Waals surface area contributed by atoms with Crippen LogP contribution in [0.3, 0.4) is 0 Å². The van der Waals surface area contributed by atoms with E-state index < -0.39 is 12.8 Å². The first-order valence-electron chi connectivity index (χ1n) is 9.79. The first kappa shape index (κ1) is 19.6. The van der Waals surface area contributed by atoms with Gasteiger partial charge in [-0.2, -0.15) is 13.2 Å². The molecule has 8 nitrogen and oxygen atoms in total. The topological polar surface area (TPSA) is 80.7 Å². The number of rotatable bonds is 4. The van der Waals surface area contributed by atoms with Crippen LogP contribution in [0, 0.1) is 0 Å². The highest BCUT2D eigenvalue weighted by atomic mass is 19.4. The molecule has 162 valence electrons. The minimum absolute atomic E-state index is 0.155. The zero-order valence-corrected chi connectivity index (χ0v) is 16.6. The highest BCUT2D eigenvalue weighted by Crippen LogP contribution is 2.33. The molecular formula is C20H19F3N6O2. The molecule has 1 atom stereocenters. The third-order valence-corrected chi connectivity index (χ3v) is 5.07. The summed E-state index contributed by atoms with van der Waals surface area (Å²) in [6, 6.07) is 6.88. The van der Waals surface area contributed by atoms with Crippen LogP contribution in [0.4, 0.5) is 19.0 Å². The van der Waals surface area contributed by atoms with Crippen LogP contribution in [0.2, 0.25) is 0 Å². The molecule has 0 aliphatic carbocycles. The number of fused-ring (bicyclic) bond motifs is 2. The maximum Gasteiger partial charge on any atom is 0.422 e. The fourth-order valence-electron chi connectivity index (χ4n) is 3.71. The van der Waals surface area contributed by atoms with Gasteiger partial charge in [0.15, 0.2) is 18.0 Å². The fraction of sp³-hybridized carbons (Fsp3) is 0.350. The highest BCUT2D eigenvalue weighted by Gasteiger charge is 2.29. The van der Waals surface area contributed by atoms with E-state index in [1.807, 2.05) is 6.07 Å². The second-order valence-corrected chi connectivity index (χ2v) is 7.45. The number of pyridine rings is 1. The number of hydrogen-bond donors (Lipinski definition) is 1. The maximum absolute atomic E-state index is 12.5. The molecule has 1 aliphatic rings. The Kier molecular flexibility index (Phi) is 4.69. The zero-order valence-electron chi connectivity index (χ0n) is 16.6. The van der Waals surface area contributed by atoms with Crippen LogP contribution in [0.1, 0.15) is 6.92 Å². The molecule has 1 N–H and O–H groups in total. The Morgan fingerprint density at radius 2 is 2.13 bits per heavy atom. The zero-order chi connectivity index (χ0) is 21.6. The van der Waals surface area contributed by atoms with E-state index in [9.17, 15) is 13.2 Å². The van der Waals surface area contributed by atoms with Crippen molar-refractivity contribution in [3.8, 4) is 17.3 Å². The van der Waals surface area contributed by atoms with Crippen LogP contribution >= 0.6 is 0 Å². The number of nitrogens with zero attached hydrogens (tertiary/aromatic N) is 5. The van der Waals surface area contributed by atoms with Gasteiger partial charge in [-0.15, -0.1) is 5.10 Å². The number of halogens is 3. The predicted octanol–water partition coefficient (Wildman–Crippen LogP) is 3.28. The number of nitrogens with one attached hydrogen (secondary N) is 1. The number of hydrogen-bond acceptors (Lipinski definition) is 7. The van der Waals surface area contributed by atoms with E-state index in [1.54, 1.807) is 24.5 Å². The Labute approximate surface area is 174 Å². The summed E-state index contributed by atoms with van der Waals surface area (Å²) in [6.07, 6.45) is -1.18. The summed E-state index contributed by atoms with van der Waals surface area (Å²) in [5, 5.41) is 8.40. The van der Waals surface area contributed by atoms with Gasteiger partial charge in [-0.25, -0.2) is 14.5 Å². The summed E-state index contributed by atoms with van der Waals surface area (Å²) in [5.74, 6) is 1.16. The lowest BCUT2D eigenvalue weighted by molar-refractivity contribution is -0.154. The van der Waals surface area contributed by atoms with Crippen LogP contribution in [0.15, 0.2) is 41.1 Å². The number of aromatic nitrogens is 4. The molecule has 5 heterocycles. The molecule has 1 saturated heterocycles. The Morgan fingerprint density at radius 1 is 1.26 bits per heavy atom. The Morgan fingerprint density at radius 3 is 2.94 bits per heavy atom. The second kappa shape index (κ2) is 7.41. The van der Waals surface area contributed by atoms with Crippen molar-refractivity contribution < 1.29 is 22.3 Å². The van der Waals surface area contributed by atoms with Gasteiger partial charge in [0.1, 0.15) is 17.1 Å². The van der Waals surface area contributed by atoms with Crippen LogP contribution < -0.4 is 15.0 Å². The van der Waals surface area contributed by atoms with Gasteiger partial charge in [-0.05, 0) is 25.1 Å². The first-order valence-corrected chi connectivity index (χ1v) is 9.79. The van der Waals surface area contributed by atoms with Crippen LogP contribution in [-0.2, 0) is 0 Å². The average Bonchev–Trinajstić information content (AvgIpc) is 3.35. The molecule has 4 aromatic rings. The minimum atomic E-state index is -4.45. The van der Waals surface area contributed by atoms with Crippen LogP contribution in [-0.4, -0.2) is 58.0 Å². The number of ether oxygens (including phenoxy) is 1. The van der Waals surface area contributed by atoms with Crippen LogP contribution in [0.25, 0.3) is 28.1 Å². The number of furan rings is 1. The number of alkyl halides is 3. The Bertz CT molecular complexity index is 1230. The summed E-state index contributed by atoms with van der Waals surface area (Å²) < 4.78 is 49.6. The SMILES string of the molecule is C[C@H]1CN(c2nccc3oc(-c4cnc5ccc(OCC(F)(F)F)nn45)cc23)CCN1. The summed E-state index contributed by atoms with van der Waals surface area (Å²) >= 11 is 0. The molecule has 11 heteroatoms. The van der Waals surface area contributed by atoms with Crippen molar-refractivity contribution in [1.29, 1.82) is 0 Å². The largest absolute Gasteiger partial charge is 0.467 e. The first-order chi connectivity index (χ1) is 14.9. The van der Waals surface area contributed by atoms with Crippen LogP contribution in [0.5, 0.6) is 5.88 Å². The van der Waals surface area contributed by atoms with Gasteiger partial charge in [-0.3, -0.25) is 0 Å². The molecule has 0 aromatic carbocycles. The van der Waals surface area contributed by atoms with Gasteiger partial charge in [0, 0.05) is 37.9 Å². The van der Waals surface area contributed by atoms with Crippen molar-refractivity contribution in [2.45, 2.75) is 19.1 Å². The molecule has 4 aromatic heterocycles. The average molecular weight is 432 g/mol. The number of imidazole rings is 1. The molecule has 31 heavy (non-hydrogen) atoms. The molecule has 0 bridgehead atoms.